The van der Waals surface area contributed by atoms with Gasteiger partial charge in [0.05, 0.1) is 18.3 Å². The Hall–Kier alpha value is -1.06. The van der Waals surface area contributed by atoms with E-state index in [-0.39, 0.29) is 5.92 Å². The number of hydrogen-bond donors (Lipinski definition) is 2. The summed E-state index contributed by atoms with van der Waals surface area (Å²) in [6.07, 6.45) is 4.38. The quantitative estimate of drug-likeness (QED) is 0.898. The number of aliphatic hydroxyl groups is 2. The summed E-state index contributed by atoms with van der Waals surface area (Å²) in [5.41, 5.74) is 0.287. The van der Waals surface area contributed by atoms with Crippen molar-refractivity contribution in [3.8, 4) is 5.75 Å². The van der Waals surface area contributed by atoms with Gasteiger partial charge in [-0.25, -0.2) is 0 Å². The molecule has 0 aromatic heterocycles. The summed E-state index contributed by atoms with van der Waals surface area (Å²) in [6, 6.07) is 8.07. The fourth-order valence-corrected chi connectivity index (χ4v) is 3.74. The van der Waals surface area contributed by atoms with Gasteiger partial charge in [-0.1, -0.05) is 25.1 Å². The van der Waals surface area contributed by atoms with E-state index in [4.69, 9.17) is 4.74 Å². The van der Waals surface area contributed by atoms with Crippen LogP contribution in [0.4, 0.5) is 0 Å². The SMILES string of the molecule is CC1CCC(O)(C(O)CC2CCOc3ccccc32)CC1. The minimum atomic E-state index is -0.889. The summed E-state index contributed by atoms with van der Waals surface area (Å²) in [5, 5.41) is 21.4. The van der Waals surface area contributed by atoms with Gasteiger partial charge < -0.3 is 14.9 Å². The first-order valence-electron chi connectivity index (χ1n) is 8.21. The zero-order valence-electron chi connectivity index (χ0n) is 12.8. The predicted octanol–water partition coefficient (Wildman–Crippen LogP) is 3.24. The van der Waals surface area contributed by atoms with E-state index < -0.39 is 11.7 Å². The average molecular weight is 290 g/mol. The summed E-state index contributed by atoms with van der Waals surface area (Å²) in [5.74, 6) is 1.89. The minimum absolute atomic E-state index is 0.285. The van der Waals surface area contributed by atoms with Crippen LogP contribution in [0.15, 0.2) is 24.3 Å². The van der Waals surface area contributed by atoms with Crippen LogP contribution in [-0.4, -0.2) is 28.5 Å². The average Bonchev–Trinajstić information content (AvgIpc) is 2.51. The summed E-state index contributed by atoms with van der Waals surface area (Å²) < 4.78 is 5.68. The third-order valence-corrected chi connectivity index (χ3v) is 5.35. The van der Waals surface area contributed by atoms with Crippen molar-refractivity contribution >= 4 is 0 Å². The molecule has 0 saturated heterocycles. The topological polar surface area (TPSA) is 49.7 Å². The smallest absolute Gasteiger partial charge is 0.122 e. The molecule has 3 heteroatoms. The van der Waals surface area contributed by atoms with Gasteiger partial charge in [0.2, 0.25) is 0 Å². The monoisotopic (exact) mass is 290 g/mol. The van der Waals surface area contributed by atoms with Gasteiger partial charge in [-0.2, -0.15) is 0 Å². The largest absolute Gasteiger partial charge is 0.493 e. The first kappa shape index (κ1) is 14.9. The van der Waals surface area contributed by atoms with Crippen molar-refractivity contribution in [3.05, 3.63) is 29.8 Å². The summed E-state index contributed by atoms with van der Waals surface area (Å²) in [7, 11) is 0. The molecule has 0 radical (unpaired) electrons. The highest BCUT2D eigenvalue weighted by atomic mass is 16.5. The summed E-state index contributed by atoms with van der Waals surface area (Å²) >= 11 is 0. The number of fused-ring (bicyclic) bond motifs is 1. The molecule has 2 atom stereocenters. The Bertz CT molecular complexity index is 477. The van der Waals surface area contributed by atoms with E-state index >= 15 is 0 Å². The van der Waals surface area contributed by atoms with E-state index in [1.165, 1.54) is 5.56 Å². The molecule has 1 aromatic carbocycles. The first-order chi connectivity index (χ1) is 10.1. The molecule has 3 rings (SSSR count). The van der Waals surface area contributed by atoms with Crippen molar-refractivity contribution in [1.82, 2.24) is 0 Å². The van der Waals surface area contributed by atoms with Gasteiger partial charge in [0.15, 0.2) is 0 Å². The number of aliphatic hydroxyl groups excluding tert-OH is 1. The molecule has 3 nitrogen and oxygen atoms in total. The Morgan fingerprint density at radius 1 is 1.24 bits per heavy atom. The molecule has 2 aliphatic rings. The molecule has 116 valence electrons. The lowest BCUT2D eigenvalue weighted by atomic mass is 9.73. The van der Waals surface area contributed by atoms with Crippen LogP contribution in [0.5, 0.6) is 5.75 Å². The number of hydrogen-bond acceptors (Lipinski definition) is 3. The van der Waals surface area contributed by atoms with Gasteiger partial charge in [-0.05, 0) is 62.0 Å². The van der Waals surface area contributed by atoms with E-state index in [9.17, 15) is 10.2 Å². The molecule has 0 bridgehead atoms. The molecular weight excluding hydrogens is 264 g/mol. The first-order valence-corrected chi connectivity index (χ1v) is 8.21. The lowest BCUT2D eigenvalue weighted by molar-refractivity contribution is -0.108. The third-order valence-electron chi connectivity index (χ3n) is 5.35. The molecular formula is C18H26O3. The standard InChI is InChI=1S/C18H26O3/c1-13-6-9-18(20,10-7-13)17(19)12-14-8-11-21-16-5-3-2-4-15(14)16/h2-5,13-14,17,19-20H,6-12H2,1H3. The van der Waals surface area contributed by atoms with Gasteiger partial charge in [0.1, 0.15) is 5.75 Å². The van der Waals surface area contributed by atoms with Crippen molar-refractivity contribution < 1.29 is 14.9 Å². The number of para-hydroxylation sites is 1. The normalized spacial score (nSPS) is 33.9. The molecule has 1 saturated carbocycles. The highest BCUT2D eigenvalue weighted by Crippen LogP contribution is 2.41. The maximum atomic E-state index is 10.8. The molecule has 1 aliphatic carbocycles. The van der Waals surface area contributed by atoms with Gasteiger partial charge in [-0.3, -0.25) is 0 Å². The molecule has 2 N–H and O–H groups in total. The Balaban J connectivity index is 1.69. The van der Waals surface area contributed by atoms with Gasteiger partial charge in [0, 0.05) is 0 Å². The van der Waals surface area contributed by atoms with Crippen molar-refractivity contribution in [2.75, 3.05) is 6.61 Å². The van der Waals surface area contributed by atoms with Crippen molar-refractivity contribution in [2.45, 2.75) is 63.1 Å². The van der Waals surface area contributed by atoms with Crippen molar-refractivity contribution in [2.24, 2.45) is 5.92 Å². The minimum Gasteiger partial charge on any atom is -0.493 e. The van der Waals surface area contributed by atoms with Crippen LogP contribution in [0.3, 0.4) is 0 Å². The van der Waals surface area contributed by atoms with E-state index in [2.05, 4.69) is 13.0 Å². The zero-order chi connectivity index (χ0) is 14.9. The molecule has 1 heterocycles. The second-order valence-electron chi connectivity index (χ2n) is 6.91. The van der Waals surface area contributed by atoms with Crippen molar-refractivity contribution in [1.29, 1.82) is 0 Å². The summed E-state index contributed by atoms with van der Waals surface area (Å²) in [4.78, 5) is 0. The van der Waals surface area contributed by atoms with Gasteiger partial charge in [0.25, 0.3) is 0 Å². The van der Waals surface area contributed by atoms with Gasteiger partial charge in [-0.15, -0.1) is 0 Å². The highest BCUT2D eigenvalue weighted by molar-refractivity contribution is 5.37. The van der Waals surface area contributed by atoms with Crippen LogP contribution < -0.4 is 4.74 Å². The van der Waals surface area contributed by atoms with Crippen LogP contribution >= 0.6 is 0 Å². The fourth-order valence-electron chi connectivity index (χ4n) is 3.74. The molecule has 21 heavy (non-hydrogen) atoms. The lowest BCUT2D eigenvalue weighted by Gasteiger charge is -2.40. The van der Waals surface area contributed by atoms with Crippen LogP contribution in [0.2, 0.25) is 0 Å². The molecule has 1 aromatic rings. The third kappa shape index (κ3) is 3.09. The van der Waals surface area contributed by atoms with Gasteiger partial charge >= 0.3 is 0 Å². The number of rotatable bonds is 3. The predicted molar refractivity (Wildman–Crippen MR) is 82.5 cm³/mol. The van der Waals surface area contributed by atoms with Crippen molar-refractivity contribution in [3.63, 3.8) is 0 Å². The lowest BCUT2D eigenvalue weighted by Crippen LogP contribution is -2.46. The van der Waals surface area contributed by atoms with E-state index in [1.54, 1.807) is 0 Å². The van der Waals surface area contributed by atoms with E-state index in [1.807, 2.05) is 18.2 Å². The molecule has 2 unspecified atom stereocenters. The highest BCUT2D eigenvalue weighted by Gasteiger charge is 2.40. The van der Waals surface area contributed by atoms with Crippen LogP contribution in [0.1, 0.15) is 56.9 Å². The number of benzene rings is 1. The zero-order valence-corrected chi connectivity index (χ0v) is 12.8. The maximum absolute atomic E-state index is 10.8. The summed E-state index contributed by atoms with van der Waals surface area (Å²) in [6.45, 7) is 2.92. The van der Waals surface area contributed by atoms with Crippen LogP contribution in [0.25, 0.3) is 0 Å². The Morgan fingerprint density at radius 2 is 1.95 bits per heavy atom. The van der Waals surface area contributed by atoms with Crippen LogP contribution in [-0.2, 0) is 0 Å². The molecule has 0 amide bonds. The molecule has 0 spiro atoms. The Labute approximate surface area is 127 Å². The van der Waals surface area contributed by atoms with Crippen LogP contribution in [0, 0.1) is 5.92 Å². The number of ether oxygens (including phenoxy) is 1. The molecule has 1 aliphatic heterocycles. The molecule has 1 fully saturated rings. The maximum Gasteiger partial charge on any atom is 0.122 e. The second kappa shape index (κ2) is 5.98. The Kier molecular flexibility index (Phi) is 4.23. The van der Waals surface area contributed by atoms with E-state index in [0.717, 1.165) is 37.9 Å². The fraction of sp³-hybridized carbons (Fsp3) is 0.667. The second-order valence-corrected chi connectivity index (χ2v) is 6.91. The van der Waals surface area contributed by atoms with E-state index in [0.29, 0.717) is 18.9 Å². The Morgan fingerprint density at radius 3 is 2.71 bits per heavy atom.